The Morgan fingerprint density at radius 1 is 0.184 bits per heavy atom. The van der Waals surface area contributed by atoms with Crippen LogP contribution in [0.5, 0.6) is 0 Å². The van der Waals surface area contributed by atoms with Crippen LogP contribution in [0, 0.1) is 0 Å². The van der Waals surface area contributed by atoms with Crippen LogP contribution in [0.1, 0.15) is 0 Å². The summed E-state index contributed by atoms with van der Waals surface area (Å²) in [5.74, 6) is 0. The van der Waals surface area contributed by atoms with E-state index in [2.05, 4.69) is 0 Å². The van der Waals surface area contributed by atoms with Crippen molar-refractivity contribution in [3.8, 4) is 0 Å². The third kappa shape index (κ3) is 24.1. The van der Waals surface area contributed by atoms with E-state index < -0.39 is 159 Å². The van der Waals surface area contributed by atoms with Crippen LogP contribution in [0.4, 0.5) is 0 Å². The summed E-state index contributed by atoms with van der Waals surface area (Å²) in [6.07, 6.45) is 0. The van der Waals surface area contributed by atoms with Crippen molar-refractivity contribution in [1.82, 2.24) is 0 Å². The summed E-state index contributed by atoms with van der Waals surface area (Å²) in [7, 11) is -48.9. The molecule has 0 amide bonds. The van der Waals surface area contributed by atoms with Gasteiger partial charge in [-0.15, -0.1) is 0 Å². The molecule has 0 aliphatic carbocycles. The van der Waals surface area contributed by atoms with Gasteiger partial charge in [0.05, 0.1) is 44.1 Å². The van der Waals surface area contributed by atoms with Gasteiger partial charge >= 0.3 is 58.4 Å². The minimum Gasteiger partial charge on any atom is -0.744 e. The van der Waals surface area contributed by atoms with Gasteiger partial charge in [-0.3, -0.25) is 0 Å². The van der Waals surface area contributed by atoms with Crippen molar-refractivity contribution in [2.45, 2.75) is 44.1 Å². The van der Waals surface area contributed by atoms with Crippen LogP contribution >= 0.6 is 23.8 Å². The van der Waals surface area contributed by atoms with E-state index in [1.165, 1.54) is 109 Å². The summed E-state index contributed by atoms with van der Waals surface area (Å²) in [6.45, 7) is 2.00. The van der Waals surface area contributed by atoms with E-state index in [1.54, 1.807) is 0 Å². The van der Waals surface area contributed by atoms with Gasteiger partial charge in [0.25, 0.3) is 0 Å². The maximum absolute atomic E-state index is 11.5. The molecule has 0 saturated heterocycles. The van der Waals surface area contributed by atoms with Crippen molar-refractivity contribution in [2.75, 3.05) is 0 Å². The predicted octanol–water partition coefficient (Wildman–Crippen LogP) is 0.279. The minimum absolute atomic E-state index is 0. The molecule has 0 atom stereocenters. The number of carbonyl (C=O) groups excluding carboxylic acids is 1. The topological polar surface area (TPSA) is 532 Å². The van der Waals surface area contributed by atoms with E-state index >= 15 is 0 Å². The SMILES string of the molecule is C=O.O=S(=O)([O-])c1cccc(P(c2cccc(S(=O)(=O)[O-])c2)c2cccc(S(=O)(=O)[O-])c2)c1.O=S(=O)([O-])c1cccc(P(c2cccc(S(=O)(=O)[O-])c2)c2cccc(S(=O)(=O)[O-])c2)c1.O=S(=O)([O-])c1cccc(P(c2cccc(S(=O)(=O)[O-])c2)c2cccc(S(=O)(=O)[O-])c2)c1.[Rh+3].[Rh+3].[Rh+3]. The van der Waals surface area contributed by atoms with Crippen molar-refractivity contribution in [1.29, 1.82) is 0 Å². The Hall–Kier alpha value is -5.00. The van der Waals surface area contributed by atoms with E-state index in [9.17, 15) is 117 Å². The molecule has 0 spiro atoms. The van der Waals surface area contributed by atoms with E-state index in [0.29, 0.717) is 0 Å². The standard InChI is InChI=1S/3C18H15O9PS3.CH2O.3Rh/c3*19-29(20,21)16-7-1-4-13(10-16)28(14-5-2-8-17(11-14)30(22,23)24)15-6-3-9-18(12-15)31(25,26)27;1-2;;;/h3*1-12H,(H,19,20,21)(H,22,23,24)(H,25,26,27);1H2;;;/q;;;;3*+3/p-9. The monoisotopic (exact) mass is 1840 g/mol. The molecule has 9 aromatic carbocycles. The molecule has 0 unspecified atom stereocenters. The molecule has 0 radical (unpaired) electrons. The maximum Gasteiger partial charge on any atom is 3.00 e. The summed E-state index contributed by atoms with van der Waals surface area (Å²) in [5.41, 5.74) is 0. The fourth-order valence-electron chi connectivity index (χ4n) is 8.34. The molecule has 0 bridgehead atoms. The van der Waals surface area contributed by atoms with Gasteiger partial charge in [-0.25, -0.2) is 75.8 Å². The molecule has 0 fully saturated rings. The van der Waals surface area contributed by atoms with Gasteiger partial charge in [0.2, 0.25) is 0 Å². The molecular weight excluding hydrogens is 1800 g/mol. The molecule has 0 saturated carbocycles. The molecule has 43 heteroatoms. The number of rotatable bonds is 18. The Morgan fingerprint density at radius 2 is 0.265 bits per heavy atom. The molecule has 0 N–H and O–H groups in total. The zero-order chi connectivity index (χ0) is 71.1. The van der Waals surface area contributed by atoms with Gasteiger partial charge in [0, 0.05) is 0 Å². The second-order valence-corrected chi connectivity index (χ2v) is 37.6. The third-order valence-electron chi connectivity index (χ3n) is 12.3. The van der Waals surface area contributed by atoms with Gasteiger partial charge in [-0.1, -0.05) is 109 Å². The number of benzene rings is 9. The summed E-state index contributed by atoms with van der Waals surface area (Å²) in [6, 6.07) is 44.5. The van der Waals surface area contributed by atoms with Crippen molar-refractivity contribution in [3.63, 3.8) is 0 Å². The first-order chi connectivity index (χ1) is 43.8. The van der Waals surface area contributed by atoms with Gasteiger partial charge in [-0.05, 0) is 181 Å². The summed E-state index contributed by atoms with van der Waals surface area (Å²) in [5, 5.41) is 2.32. The molecular formula is C55H38O28P3Rh3S9. The zero-order valence-electron chi connectivity index (χ0n) is 47.9. The van der Waals surface area contributed by atoms with Crippen molar-refractivity contribution >= 4 is 169 Å². The fraction of sp³-hybridized carbons (Fsp3) is 0. The predicted molar refractivity (Wildman–Crippen MR) is 334 cm³/mol. The average Bonchev–Trinajstić information content (AvgIpc) is 0.794. The van der Waals surface area contributed by atoms with E-state index in [1.807, 2.05) is 6.79 Å². The second kappa shape index (κ2) is 34.8. The molecule has 0 aliphatic heterocycles. The zero-order valence-corrected chi connectivity index (χ0v) is 62.9. The Kier molecular flexibility index (Phi) is 31.0. The summed E-state index contributed by atoms with van der Waals surface area (Å²) in [4.78, 5) is 3.11. The first-order valence-corrected chi connectivity index (χ1v) is 41.7. The van der Waals surface area contributed by atoms with Crippen LogP contribution in [-0.4, -0.2) is 124 Å². The van der Waals surface area contributed by atoms with Crippen LogP contribution in [0.25, 0.3) is 0 Å². The summed E-state index contributed by atoms with van der Waals surface area (Å²) < 4.78 is 309. The van der Waals surface area contributed by atoms with E-state index in [0.717, 1.165) is 109 Å². The third-order valence-corrected chi connectivity index (χ3v) is 26.9. The van der Waals surface area contributed by atoms with Crippen LogP contribution in [0.2, 0.25) is 0 Å². The number of hydrogen-bond acceptors (Lipinski definition) is 28. The van der Waals surface area contributed by atoms with Crippen LogP contribution in [0.3, 0.4) is 0 Å². The van der Waals surface area contributed by atoms with Crippen molar-refractivity contribution in [3.05, 3.63) is 218 Å². The summed E-state index contributed by atoms with van der Waals surface area (Å²) >= 11 is 0. The molecule has 0 heterocycles. The maximum atomic E-state index is 11.5. The van der Waals surface area contributed by atoms with Crippen LogP contribution < -0.4 is 47.7 Å². The first-order valence-electron chi connectivity index (χ1n) is 25.0. The van der Waals surface area contributed by atoms with Gasteiger partial charge in [-0.2, -0.15) is 0 Å². The van der Waals surface area contributed by atoms with Crippen molar-refractivity contribution < 1.29 is 180 Å². The first kappa shape index (κ1) is 87.2. The van der Waals surface area contributed by atoms with Gasteiger partial charge in [0.15, 0.2) is 0 Å². The number of hydrogen-bond donors (Lipinski definition) is 0. The second-order valence-electron chi connectivity index (χ2n) is 18.6. The quantitative estimate of drug-likeness (QED) is 0.0632. The minimum atomic E-state index is -4.82. The Bertz CT molecular complexity index is 4430. The molecule has 28 nitrogen and oxygen atoms in total. The number of carbonyl (C=O) groups is 1. The largest absolute Gasteiger partial charge is 3.00 e. The Balaban J connectivity index is 0.000000372. The normalized spacial score (nSPS) is 12.2. The molecule has 9 rings (SSSR count). The van der Waals surface area contributed by atoms with Crippen molar-refractivity contribution in [2.24, 2.45) is 0 Å². The molecule has 0 aromatic heterocycles. The van der Waals surface area contributed by atoms with Crippen LogP contribution in [0.15, 0.2) is 262 Å². The van der Waals surface area contributed by atoms with Gasteiger partial charge in [0.1, 0.15) is 97.9 Å². The van der Waals surface area contributed by atoms with Crippen LogP contribution in [-0.2, 0) is 154 Å². The molecule has 0 aliphatic rings. The van der Waals surface area contributed by atoms with Gasteiger partial charge < -0.3 is 45.8 Å². The Labute approximate surface area is 605 Å². The van der Waals surface area contributed by atoms with E-state index in [4.69, 9.17) is 4.79 Å². The van der Waals surface area contributed by atoms with E-state index in [-0.39, 0.29) is 106 Å². The Morgan fingerprint density at radius 3 is 0.337 bits per heavy atom. The smallest absolute Gasteiger partial charge is 0.744 e. The molecule has 9 aromatic rings. The molecule has 522 valence electrons. The average molecular weight is 1840 g/mol. The molecule has 98 heavy (non-hydrogen) atoms. The fourth-order valence-corrected chi connectivity index (χ4v) is 21.0.